The maximum absolute atomic E-state index is 13.2. The van der Waals surface area contributed by atoms with Crippen LogP contribution in [0.2, 0.25) is 0 Å². The Kier molecular flexibility index (Phi) is 4.04. The van der Waals surface area contributed by atoms with Crippen LogP contribution in [0.25, 0.3) is 21.7 Å². The topological polar surface area (TPSA) is 84.5 Å². The monoisotopic (exact) mass is 389 g/mol. The van der Waals surface area contributed by atoms with Gasteiger partial charge in [0.15, 0.2) is 5.69 Å². The van der Waals surface area contributed by atoms with Crippen molar-refractivity contribution in [3.05, 3.63) is 64.9 Å². The van der Waals surface area contributed by atoms with Gasteiger partial charge < -0.3 is 14.2 Å². The van der Waals surface area contributed by atoms with Crippen molar-refractivity contribution >= 4 is 33.5 Å². The number of pyridine rings is 1. The Balaban J connectivity index is 1.41. The number of rotatable bonds is 2. The molecule has 0 spiro atoms. The third kappa shape index (κ3) is 2.84. The predicted molar refractivity (Wildman–Crippen MR) is 109 cm³/mol. The van der Waals surface area contributed by atoms with Gasteiger partial charge in [-0.05, 0) is 18.2 Å². The van der Waals surface area contributed by atoms with E-state index in [9.17, 15) is 9.59 Å². The molecule has 146 valence electrons. The zero-order chi connectivity index (χ0) is 20.0. The van der Waals surface area contributed by atoms with Gasteiger partial charge in [0.1, 0.15) is 11.4 Å². The van der Waals surface area contributed by atoms with E-state index in [0.29, 0.717) is 42.6 Å². The molecular formula is C21H19N5O3. The number of benzene rings is 1. The van der Waals surface area contributed by atoms with Crippen molar-refractivity contribution in [3.8, 4) is 0 Å². The lowest BCUT2D eigenvalue weighted by Gasteiger charge is -2.35. The Morgan fingerprint density at radius 2 is 1.76 bits per heavy atom. The van der Waals surface area contributed by atoms with Crippen molar-refractivity contribution in [2.45, 2.75) is 0 Å². The first-order chi connectivity index (χ1) is 14.1. The molecule has 4 heterocycles. The minimum absolute atomic E-state index is 0.161. The molecule has 1 aliphatic heterocycles. The average Bonchev–Trinajstić information content (AvgIpc) is 3.25. The van der Waals surface area contributed by atoms with Crippen molar-refractivity contribution in [1.82, 2.24) is 19.7 Å². The number of carbonyl (C=O) groups is 1. The van der Waals surface area contributed by atoms with Gasteiger partial charge in [-0.3, -0.25) is 9.59 Å². The fraction of sp³-hybridized carbons (Fsp3) is 0.238. The van der Waals surface area contributed by atoms with Gasteiger partial charge in [-0.15, -0.1) is 0 Å². The van der Waals surface area contributed by atoms with E-state index in [-0.39, 0.29) is 11.5 Å². The van der Waals surface area contributed by atoms with E-state index >= 15 is 0 Å². The molecule has 0 aliphatic carbocycles. The number of anilines is 1. The fourth-order valence-corrected chi connectivity index (χ4v) is 3.86. The number of carbonyl (C=O) groups excluding carboxylic acids is 1. The lowest BCUT2D eigenvalue weighted by atomic mass is 10.1. The van der Waals surface area contributed by atoms with Gasteiger partial charge in [0.2, 0.25) is 0 Å². The number of aryl methyl sites for hydroxylation is 1. The molecule has 1 aliphatic rings. The quantitative estimate of drug-likeness (QED) is 0.522. The van der Waals surface area contributed by atoms with Gasteiger partial charge in [0.25, 0.3) is 11.5 Å². The number of nitrogens with zero attached hydrogens (tertiary/aromatic N) is 5. The largest absolute Gasteiger partial charge is 0.464 e. The molecule has 0 radical (unpaired) electrons. The molecule has 1 aromatic carbocycles. The van der Waals surface area contributed by atoms with Crippen LogP contribution in [0.1, 0.15) is 10.5 Å². The first-order valence-electron chi connectivity index (χ1n) is 9.46. The van der Waals surface area contributed by atoms with E-state index in [1.807, 2.05) is 18.2 Å². The summed E-state index contributed by atoms with van der Waals surface area (Å²) in [6.07, 6.45) is 3.39. The first kappa shape index (κ1) is 17.4. The highest BCUT2D eigenvalue weighted by Gasteiger charge is 2.26. The minimum Gasteiger partial charge on any atom is -0.464 e. The summed E-state index contributed by atoms with van der Waals surface area (Å²) >= 11 is 0. The van der Waals surface area contributed by atoms with Crippen LogP contribution in [0.3, 0.4) is 0 Å². The van der Waals surface area contributed by atoms with E-state index in [2.05, 4.69) is 15.0 Å². The summed E-state index contributed by atoms with van der Waals surface area (Å²) in [7, 11) is 1.57. The van der Waals surface area contributed by atoms with Gasteiger partial charge in [-0.1, -0.05) is 18.2 Å². The van der Waals surface area contributed by atoms with Crippen LogP contribution < -0.4 is 10.5 Å². The molecule has 5 rings (SSSR count). The first-order valence-corrected chi connectivity index (χ1v) is 9.46. The molecule has 1 amide bonds. The number of aromatic nitrogens is 3. The van der Waals surface area contributed by atoms with Crippen LogP contribution in [-0.4, -0.2) is 51.8 Å². The summed E-state index contributed by atoms with van der Waals surface area (Å²) in [6.45, 7) is 2.42. The number of piperazine rings is 1. The molecule has 0 N–H and O–H groups in total. The number of fused-ring (bicyclic) bond motifs is 2. The molecule has 8 heteroatoms. The van der Waals surface area contributed by atoms with Crippen LogP contribution in [-0.2, 0) is 7.05 Å². The number of hydrogen-bond acceptors (Lipinski definition) is 6. The molecule has 0 saturated carbocycles. The predicted octanol–water partition coefficient (Wildman–Crippen LogP) is 2.04. The fourth-order valence-electron chi connectivity index (χ4n) is 3.86. The van der Waals surface area contributed by atoms with Crippen molar-refractivity contribution < 1.29 is 9.21 Å². The van der Waals surface area contributed by atoms with Gasteiger partial charge in [0.05, 0.1) is 17.0 Å². The van der Waals surface area contributed by atoms with Crippen molar-refractivity contribution in [1.29, 1.82) is 0 Å². The maximum atomic E-state index is 13.2. The second kappa shape index (κ2) is 6.73. The molecule has 1 fully saturated rings. The highest BCUT2D eigenvalue weighted by Crippen LogP contribution is 2.26. The molecule has 0 bridgehead atoms. The summed E-state index contributed by atoms with van der Waals surface area (Å²) in [5.74, 6) is 0.708. The number of furan rings is 1. The molecule has 29 heavy (non-hydrogen) atoms. The summed E-state index contributed by atoms with van der Waals surface area (Å²) in [6, 6.07) is 10.9. The number of hydrogen-bond donors (Lipinski definition) is 0. The lowest BCUT2D eigenvalue weighted by Crippen LogP contribution is -2.49. The molecule has 0 unspecified atom stereocenters. The van der Waals surface area contributed by atoms with Gasteiger partial charge in [-0.25, -0.2) is 9.67 Å². The van der Waals surface area contributed by atoms with E-state index in [1.54, 1.807) is 42.6 Å². The number of amides is 1. The molecule has 3 aromatic heterocycles. The van der Waals surface area contributed by atoms with Crippen molar-refractivity contribution in [3.63, 3.8) is 0 Å². The van der Waals surface area contributed by atoms with E-state index in [4.69, 9.17) is 4.42 Å². The molecule has 8 nitrogen and oxygen atoms in total. The summed E-state index contributed by atoms with van der Waals surface area (Å²) in [5, 5.41) is 6.33. The third-order valence-corrected chi connectivity index (χ3v) is 5.38. The standard InChI is InChI=1S/C21H19N5O3/c1-24-20(27)15-5-3-2-4-14(15)18(23-24)21(28)26-11-9-25(10-12-26)19-16-7-13-29-17(16)6-8-22-19/h2-8,13H,9-12H2,1H3. The van der Waals surface area contributed by atoms with Gasteiger partial charge in [-0.2, -0.15) is 5.10 Å². The van der Waals surface area contributed by atoms with E-state index < -0.39 is 0 Å². The Hall–Kier alpha value is -3.68. The normalized spacial score (nSPS) is 14.7. The Morgan fingerprint density at radius 3 is 2.55 bits per heavy atom. The highest BCUT2D eigenvalue weighted by atomic mass is 16.3. The van der Waals surface area contributed by atoms with Crippen molar-refractivity contribution in [2.75, 3.05) is 31.1 Å². The second-order valence-corrected chi connectivity index (χ2v) is 7.07. The van der Waals surface area contributed by atoms with E-state index in [0.717, 1.165) is 16.8 Å². The molecule has 0 atom stereocenters. The van der Waals surface area contributed by atoms with Crippen LogP contribution in [0.5, 0.6) is 0 Å². The smallest absolute Gasteiger partial charge is 0.275 e. The third-order valence-electron chi connectivity index (χ3n) is 5.38. The van der Waals surface area contributed by atoms with Crippen LogP contribution in [0.4, 0.5) is 5.82 Å². The van der Waals surface area contributed by atoms with Gasteiger partial charge in [0, 0.05) is 44.8 Å². The van der Waals surface area contributed by atoms with Crippen LogP contribution >= 0.6 is 0 Å². The summed E-state index contributed by atoms with van der Waals surface area (Å²) in [5.41, 5.74) is 0.904. The molecule has 1 saturated heterocycles. The molecular weight excluding hydrogens is 370 g/mol. The van der Waals surface area contributed by atoms with Crippen molar-refractivity contribution in [2.24, 2.45) is 7.05 Å². The summed E-state index contributed by atoms with van der Waals surface area (Å²) in [4.78, 5) is 34.0. The Morgan fingerprint density at radius 1 is 1.00 bits per heavy atom. The highest BCUT2D eigenvalue weighted by molar-refractivity contribution is 6.04. The summed E-state index contributed by atoms with van der Waals surface area (Å²) < 4.78 is 6.69. The zero-order valence-electron chi connectivity index (χ0n) is 15.9. The Labute approximate surface area is 166 Å². The second-order valence-electron chi connectivity index (χ2n) is 7.07. The van der Waals surface area contributed by atoms with Crippen LogP contribution in [0, 0.1) is 0 Å². The SMILES string of the molecule is Cn1nc(C(=O)N2CCN(c3nccc4occc34)CC2)c2ccccc2c1=O. The minimum atomic E-state index is -0.207. The lowest BCUT2D eigenvalue weighted by molar-refractivity contribution is 0.0740. The zero-order valence-corrected chi connectivity index (χ0v) is 15.9. The maximum Gasteiger partial charge on any atom is 0.275 e. The van der Waals surface area contributed by atoms with Gasteiger partial charge >= 0.3 is 0 Å². The molecule has 4 aromatic rings. The average molecular weight is 389 g/mol. The van der Waals surface area contributed by atoms with Crippen LogP contribution in [0.15, 0.2) is 58.1 Å². The Bertz CT molecular complexity index is 1280. The van der Waals surface area contributed by atoms with E-state index in [1.165, 1.54) is 4.68 Å².